The summed E-state index contributed by atoms with van der Waals surface area (Å²) in [5.74, 6) is 1.69. The number of likely N-dealkylation sites (tertiary alicyclic amines) is 2. The number of hydrogen-bond donors (Lipinski definition) is 2. The number of amides is 3. The van der Waals surface area contributed by atoms with Gasteiger partial charge in [-0.05, 0) is 124 Å². The van der Waals surface area contributed by atoms with Crippen LogP contribution in [0.4, 0.5) is 0 Å². The summed E-state index contributed by atoms with van der Waals surface area (Å²) in [6, 6.07) is 10.2. The smallest absolute Gasteiger partial charge is 0.259 e. The van der Waals surface area contributed by atoms with E-state index in [9.17, 15) is 27.6 Å². The highest BCUT2D eigenvalue weighted by atomic mass is 32.2. The monoisotopic (exact) mass is 867 g/mol. The number of nitrogens with zero attached hydrogens (tertiary/aromatic N) is 5. The number of hydrogen-bond acceptors (Lipinski definition) is 12. The van der Waals surface area contributed by atoms with Gasteiger partial charge in [-0.2, -0.15) is 0 Å². The molecule has 62 heavy (non-hydrogen) atoms. The number of aryl methyl sites for hydroxylation is 1. The molecule has 1 aliphatic carbocycles. The van der Waals surface area contributed by atoms with Crippen LogP contribution in [0.3, 0.4) is 0 Å². The molecule has 5 aliphatic rings. The van der Waals surface area contributed by atoms with Gasteiger partial charge >= 0.3 is 0 Å². The molecule has 3 amide bonds. The second kappa shape index (κ2) is 16.4. The van der Waals surface area contributed by atoms with E-state index in [4.69, 9.17) is 19.3 Å². The fraction of sp³-hybridized carbons (Fsp3) is 0.489. The van der Waals surface area contributed by atoms with Crippen molar-refractivity contribution in [2.75, 3.05) is 46.9 Å². The fourth-order valence-electron chi connectivity index (χ4n) is 10.3. The summed E-state index contributed by atoms with van der Waals surface area (Å²) in [6.07, 6.45) is 10.1. The third kappa shape index (κ3) is 8.06. The Labute approximate surface area is 360 Å². The second-order valence-electron chi connectivity index (χ2n) is 17.8. The highest BCUT2D eigenvalue weighted by Crippen LogP contribution is 2.51. The number of benzene rings is 2. The maximum Gasteiger partial charge on any atom is 0.259 e. The zero-order chi connectivity index (χ0) is 43.5. The van der Waals surface area contributed by atoms with Crippen molar-refractivity contribution in [2.45, 2.75) is 81.6 Å². The lowest BCUT2D eigenvalue weighted by atomic mass is 9.61. The number of rotatable bonds is 11. The average Bonchev–Trinajstić information content (AvgIpc) is 3.57. The summed E-state index contributed by atoms with van der Waals surface area (Å²) >= 11 is 0. The Morgan fingerprint density at radius 2 is 1.60 bits per heavy atom. The van der Waals surface area contributed by atoms with E-state index in [1.165, 1.54) is 16.8 Å². The van der Waals surface area contributed by atoms with Crippen LogP contribution in [0.2, 0.25) is 0 Å². The van der Waals surface area contributed by atoms with E-state index in [2.05, 4.69) is 20.1 Å². The Bertz CT molecular complexity index is 2600. The molecule has 2 aromatic heterocycles. The Morgan fingerprint density at radius 3 is 2.26 bits per heavy atom. The van der Waals surface area contributed by atoms with Crippen LogP contribution in [0.15, 0.2) is 58.6 Å². The lowest BCUT2D eigenvalue weighted by molar-refractivity contribution is -0.136. The van der Waals surface area contributed by atoms with Crippen LogP contribution in [0.25, 0.3) is 21.9 Å². The molecule has 16 nitrogen and oxygen atoms in total. The predicted octanol–water partition coefficient (Wildman–Crippen LogP) is 3.56. The molecule has 1 spiro atoms. The summed E-state index contributed by atoms with van der Waals surface area (Å²) in [5.41, 5.74) is 3.68. The number of methoxy groups -OCH3 is 2. The van der Waals surface area contributed by atoms with E-state index in [-0.39, 0.29) is 40.3 Å². The number of carbonyl (C=O) groups excluding carboxylic acids is 3. The third-order valence-electron chi connectivity index (χ3n) is 13.9. The zero-order valence-electron chi connectivity index (χ0n) is 35.4. The van der Waals surface area contributed by atoms with Gasteiger partial charge in [-0.25, -0.2) is 18.5 Å². The normalized spacial score (nSPS) is 21.3. The van der Waals surface area contributed by atoms with Gasteiger partial charge in [-0.3, -0.25) is 29.4 Å². The molecule has 0 bridgehead atoms. The molecular formula is C45H53N7O9S. The minimum absolute atomic E-state index is 0.122. The molecule has 3 N–H and O–H groups in total. The van der Waals surface area contributed by atoms with Crippen LogP contribution in [0, 0.1) is 11.3 Å². The molecule has 2 aromatic carbocycles. The molecule has 1 atom stereocenters. The first-order valence-corrected chi connectivity index (χ1v) is 22.9. The van der Waals surface area contributed by atoms with Crippen molar-refractivity contribution in [1.82, 2.24) is 29.6 Å². The van der Waals surface area contributed by atoms with Crippen molar-refractivity contribution >= 4 is 38.5 Å². The second-order valence-corrected chi connectivity index (χ2v) is 19.3. The van der Waals surface area contributed by atoms with Crippen molar-refractivity contribution in [3.05, 3.63) is 75.8 Å². The predicted molar refractivity (Wildman–Crippen MR) is 229 cm³/mol. The van der Waals surface area contributed by atoms with Gasteiger partial charge in [-0.1, -0.05) is 6.07 Å². The van der Waals surface area contributed by atoms with E-state index in [0.29, 0.717) is 70.2 Å². The number of nitrogens with one attached hydrogen (secondary N) is 1. The van der Waals surface area contributed by atoms with Gasteiger partial charge in [0.25, 0.3) is 21.5 Å². The minimum atomic E-state index is -4.10. The minimum Gasteiger partial charge on any atom is -0.496 e. The average molecular weight is 868 g/mol. The van der Waals surface area contributed by atoms with Crippen molar-refractivity contribution in [3.8, 4) is 28.4 Å². The van der Waals surface area contributed by atoms with Gasteiger partial charge < -0.3 is 28.6 Å². The molecule has 4 aliphatic heterocycles. The lowest BCUT2D eigenvalue weighted by Gasteiger charge is -2.52. The van der Waals surface area contributed by atoms with Gasteiger partial charge in [-0.15, -0.1) is 0 Å². The van der Waals surface area contributed by atoms with Gasteiger partial charge in [0.05, 0.1) is 31.3 Å². The van der Waals surface area contributed by atoms with Crippen molar-refractivity contribution in [2.24, 2.45) is 23.5 Å². The zero-order valence-corrected chi connectivity index (χ0v) is 36.2. The molecule has 1 saturated carbocycles. The number of imide groups is 1. The van der Waals surface area contributed by atoms with Crippen LogP contribution < -0.4 is 30.2 Å². The Balaban J connectivity index is 0.764. The number of sulfonamides is 1. The Morgan fingerprint density at radius 1 is 0.887 bits per heavy atom. The molecule has 3 saturated heterocycles. The molecule has 4 aromatic rings. The lowest BCUT2D eigenvalue weighted by Crippen LogP contribution is -2.52. The topological polar surface area (TPSA) is 196 Å². The highest BCUT2D eigenvalue weighted by molar-refractivity contribution is 7.89. The first kappa shape index (κ1) is 42.0. The third-order valence-corrected chi connectivity index (χ3v) is 14.7. The van der Waals surface area contributed by atoms with Crippen molar-refractivity contribution in [3.63, 3.8) is 0 Å². The summed E-state index contributed by atoms with van der Waals surface area (Å²) in [7, 11) is 0.774. The molecular weight excluding hydrogens is 815 g/mol. The standard InChI is InChI=1S/C45H53N7O9S/c1-49-25-35(33-19-41(62(46,57)58)47-22-34(33)43(49)55)29-16-38(59-2)36(39(17-29)60-3)26-50-12-8-27(9-13-50)23-51-14-10-45(11-15-51)20-31(21-45)61-30-5-4-28-24-52(44(56)32(28)18-30)37-6-7-40(53)48-42(37)54/h4-5,16-19,22,25,27,31,37H,6-15,20-21,23-24,26H2,1-3H3,(H2,46,57,58)(H,48,53,54). The van der Waals surface area contributed by atoms with Crippen LogP contribution in [-0.2, 0) is 39.7 Å². The van der Waals surface area contributed by atoms with Crippen molar-refractivity contribution < 1.29 is 37.0 Å². The number of pyridine rings is 2. The summed E-state index contributed by atoms with van der Waals surface area (Å²) in [5, 5.41) is 8.11. The number of ether oxygens (including phenoxy) is 3. The fourth-order valence-corrected chi connectivity index (χ4v) is 10.8. The maximum atomic E-state index is 13.3. The summed E-state index contributed by atoms with van der Waals surface area (Å²) in [4.78, 5) is 60.9. The SMILES string of the molecule is COc1cc(-c2cn(C)c(=O)c3cnc(S(N)(=O)=O)cc23)cc(OC)c1CN1CCC(CN2CCC3(CC2)CC(Oc2ccc4c(c2)C(=O)N(C2CCC(=O)NC2=O)C4)C3)CC1. The van der Waals surface area contributed by atoms with E-state index in [1.54, 1.807) is 32.4 Å². The molecule has 1 unspecified atom stereocenters. The molecule has 6 heterocycles. The molecule has 0 radical (unpaired) electrons. The van der Waals surface area contributed by atoms with E-state index in [0.717, 1.165) is 82.4 Å². The van der Waals surface area contributed by atoms with Gasteiger partial charge in [0.15, 0.2) is 5.03 Å². The van der Waals surface area contributed by atoms with Crippen LogP contribution in [-0.4, -0.2) is 109 Å². The van der Waals surface area contributed by atoms with Crippen LogP contribution in [0.5, 0.6) is 17.2 Å². The molecule has 17 heteroatoms. The first-order valence-electron chi connectivity index (χ1n) is 21.4. The van der Waals surface area contributed by atoms with Crippen LogP contribution in [0.1, 0.15) is 72.9 Å². The summed E-state index contributed by atoms with van der Waals surface area (Å²) < 4.78 is 44.0. The number of fused-ring (bicyclic) bond motifs is 2. The van der Waals surface area contributed by atoms with Crippen molar-refractivity contribution in [1.29, 1.82) is 0 Å². The molecule has 4 fully saturated rings. The summed E-state index contributed by atoms with van der Waals surface area (Å²) in [6.45, 7) is 6.17. The van der Waals surface area contributed by atoms with E-state index in [1.807, 2.05) is 30.3 Å². The highest BCUT2D eigenvalue weighted by Gasteiger charge is 2.47. The molecule has 9 rings (SSSR count). The number of carbonyl (C=O) groups is 3. The maximum absolute atomic E-state index is 13.3. The van der Waals surface area contributed by atoms with E-state index >= 15 is 0 Å². The number of nitrogens with two attached hydrogens (primary N) is 1. The van der Waals surface area contributed by atoms with E-state index < -0.39 is 22.0 Å². The van der Waals surface area contributed by atoms with Gasteiger partial charge in [0.2, 0.25) is 11.8 Å². The number of aromatic nitrogens is 2. The number of primary sulfonamides is 1. The van der Waals surface area contributed by atoms with Gasteiger partial charge in [0, 0.05) is 62.0 Å². The Hall–Kier alpha value is -5.36. The quantitative estimate of drug-likeness (QED) is 0.209. The van der Waals surface area contributed by atoms with Gasteiger partial charge in [0.1, 0.15) is 23.3 Å². The Kier molecular flexibility index (Phi) is 11.1. The first-order chi connectivity index (χ1) is 29.7. The number of piperidine rings is 3. The largest absolute Gasteiger partial charge is 0.496 e. The molecule has 328 valence electrons. The van der Waals surface area contributed by atoms with Crippen LogP contribution >= 0.6 is 0 Å².